The molecule has 2 aliphatic heterocycles. The lowest BCUT2D eigenvalue weighted by Crippen LogP contribution is -2.72. The van der Waals surface area contributed by atoms with Crippen molar-refractivity contribution in [3.8, 4) is 28.0 Å². The molecule has 2 aliphatic rings. The van der Waals surface area contributed by atoms with E-state index in [0.717, 1.165) is 18.0 Å². The number of benzene rings is 3. The van der Waals surface area contributed by atoms with Crippen molar-refractivity contribution >= 4 is 75.4 Å². The number of fused-ring (bicyclic) bond motifs is 3. The summed E-state index contributed by atoms with van der Waals surface area (Å²) in [4.78, 5) is 7.44. The summed E-state index contributed by atoms with van der Waals surface area (Å²) < 4.78 is 6.05. The second-order valence-corrected chi connectivity index (χ2v) is 20.6. The molecule has 2 aromatic heterocycles. The SMILES string of the molecule is CCCCN(CCCC)c1ccc(C=Cc2cc3c(s2)-c2sc(C=CC4=C(C#N)C(=C(C#N)C#N)OC4(C)C)cc2[Si]3(c2ccccc2)c2ccccc2)cc1. The van der Waals surface area contributed by atoms with Crippen LogP contribution in [0.5, 0.6) is 0 Å². The van der Waals surface area contributed by atoms with Crippen LogP contribution in [0.2, 0.25) is 0 Å². The molecule has 0 unspecified atom stereocenters. The van der Waals surface area contributed by atoms with E-state index in [2.05, 4.69) is 140 Å². The van der Waals surface area contributed by atoms with Crippen molar-refractivity contribution in [2.45, 2.75) is 59.0 Å². The van der Waals surface area contributed by atoms with Gasteiger partial charge in [-0.25, -0.2) is 0 Å². The minimum absolute atomic E-state index is 0.0519. The quantitative estimate of drug-likeness (QED) is 0.0861. The van der Waals surface area contributed by atoms with Crippen molar-refractivity contribution in [1.82, 2.24) is 0 Å². The molecule has 0 atom stereocenters. The highest BCUT2D eigenvalue weighted by molar-refractivity contribution is 7.34. The third-order valence-electron chi connectivity index (χ3n) is 10.7. The van der Waals surface area contributed by atoms with Gasteiger partial charge in [0.05, 0.1) is 0 Å². The summed E-state index contributed by atoms with van der Waals surface area (Å²) in [5, 5.41) is 34.7. The minimum atomic E-state index is -2.70. The third kappa shape index (κ3) is 7.11. The summed E-state index contributed by atoms with van der Waals surface area (Å²) >= 11 is 3.63. The lowest BCUT2D eigenvalue weighted by atomic mass is 9.94. The van der Waals surface area contributed by atoms with Crippen LogP contribution in [0.25, 0.3) is 28.0 Å². The first-order valence-corrected chi connectivity index (χ1v) is 22.9. The second-order valence-electron chi connectivity index (χ2n) is 14.7. The molecule has 0 saturated heterocycles. The van der Waals surface area contributed by atoms with Gasteiger partial charge in [-0.15, -0.1) is 22.7 Å². The van der Waals surface area contributed by atoms with Crippen molar-refractivity contribution in [2.24, 2.45) is 0 Å². The smallest absolute Gasteiger partial charge is 0.182 e. The predicted octanol–water partition coefficient (Wildman–Crippen LogP) is 9.69. The molecule has 278 valence electrons. The first kappa shape index (κ1) is 38.6. The maximum atomic E-state index is 10.1. The van der Waals surface area contributed by atoms with Crippen LogP contribution < -0.4 is 25.6 Å². The number of rotatable bonds is 13. The van der Waals surface area contributed by atoms with Gasteiger partial charge in [-0.3, -0.25) is 0 Å². The van der Waals surface area contributed by atoms with Gasteiger partial charge in [0.15, 0.2) is 19.4 Å². The van der Waals surface area contributed by atoms with Gasteiger partial charge in [0.2, 0.25) is 0 Å². The highest BCUT2D eigenvalue weighted by Crippen LogP contribution is 2.43. The fourth-order valence-electron chi connectivity index (χ4n) is 7.88. The number of nitrogens with zero attached hydrogens (tertiary/aromatic N) is 4. The van der Waals surface area contributed by atoms with Crippen LogP contribution in [0, 0.1) is 34.0 Å². The second kappa shape index (κ2) is 16.6. The molecule has 0 fully saturated rings. The fourth-order valence-corrected chi connectivity index (χ4v) is 16.5. The highest BCUT2D eigenvalue weighted by Gasteiger charge is 2.51. The van der Waals surface area contributed by atoms with Crippen molar-refractivity contribution in [3.63, 3.8) is 0 Å². The molecule has 3 aromatic carbocycles. The lowest BCUT2D eigenvalue weighted by molar-refractivity contribution is 0.0954. The standard InChI is InChI=1S/C48H44N4OS2Si/c1-5-7-27-52(28-8-6-2)36-22-19-34(20-23-36)21-24-37-29-43-46(54-37)47-44(56(43,39-15-11-9-12-16-39)40-17-13-10-14-18-40)30-38(55-47)25-26-42-41(33-51)45(35(31-49)32-50)53-48(42,3)4/h9-26,29-30H,5-8,27-28H2,1-4H3. The molecule has 0 radical (unpaired) electrons. The van der Waals surface area contributed by atoms with E-state index in [-0.39, 0.29) is 16.9 Å². The van der Waals surface area contributed by atoms with E-state index in [4.69, 9.17) is 4.74 Å². The van der Waals surface area contributed by atoms with Gasteiger partial charge in [0.1, 0.15) is 29.4 Å². The van der Waals surface area contributed by atoms with Gasteiger partial charge in [-0.2, -0.15) is 15.8 Å². The molecule has 0 amide bonds. The zero-order chi connectivity index (χ0) is 39.3. The third-order valence-corrected chi connectivity index (χ3v) is 18.2. The van der Waals surface area contributed by atoms with Crippen LogP contribution >= 0.6 is 22.7 Å². The number of nitriles is 3. The fraction of sp³-hybridized carbons (Fsp3) is 0.229. The summed E-state index contributed by atoms with van der Waals surface area (Å²) in [7, 11) is -2.70. The molecule has 0 aliphatic carbocycles. The molecular formula is C48H44N4OS2Si. The Hall–Kier alpha value is -5.69. The number of hydrogen-bond donors (Lipinski definition) is 0. The van der Waals surface area contributed by atoms with Crippen LogP contribution in [0.1, 0.15) is 68.7 Å². The Labute approximate surface area is 340 Å². The van der Waals surface area contributed by atoms with Gasteiger partial charge in [0, 0.05) is 43.9 Å². The van der Waals surface area contributed by atoms with Crippen molar-refractivity contribution < 1.29 is 4.74 Å². The first-order chi connectivity index (χ1) is 27.3. The van der Waals surface area contributed by atoms with Crippen LogP contribution in [0.3, 0.4) is 0 Å². The van der Waals surface area contributed by atoms with E-state index < -0.39 is 13.7 Å². The number of ether oxygens (including phenoxy) is 1. The number of thiophene rings is 2. The van der Waals surface area contributed by atoms with E-state index in [1.54, 1.807) is 11.3 Å². The molecule has 4 heterocycles. The predicted molar refractivity (Wildman–Crippen MR) is 237 cm³/mol. The molecule has 0 N–H and O–H groups in total. The Morgan fingerprint density at radius 3 is 1.71 bits per heavy atom. The zero-order valence-corrected chi connectivity index (χ0v) is 34.9. The molecule has 8 heteroatoms. The summed E-state index contributed by atoms with van der Waals surface area (Å²) in [6, 6.07) is 41.8. The van der Waals surface area contributed by atoms with Gasteiger partial charge in [0.25, 0.3) is 0 Å². The summed E-state index contributed by atoms with van der Waals surface area (Å²) in [6.07, 6.45) is 13.3. The first-order valence-electron chi connectivity index (χ1n) is 19.3. The average Bonchev–Trinajstić information content (AvgIpc) is 3.96. The molecular weight excluding hydrogens is 741 g/mol. The largest absolute Gasteiger partial charge is 0.480 e. The Balaban J connectivity index is 1.31. The number of allylic oxidation sites excluding steroid dienone is 2. The number of unbranched alkanes of at least 4 members (excludes halogenated alkanes) is 2. The van der Waals surface area contributed by atoms with E-state index in [0.29, 0.717) is 5.57 Å². The molecule has 7 rings (SSSR count). The van der Waals surface area contributed by atoms with E-state index in [1.165, 1.54) is 72.3 Å². The van der Waals surface area contributed by atoms with Crippen LogP contribution in [0.15, 0.2) is 126 Å². The monoisotopic (exact) mass is 784 g/mol. The Kier molecular flexibility index (Phi) is 11.4. The summed E-state index contributed by atoms with van der Waals surface area (Å²) in [5.41, 5.74) is 2.28. The average molecular weight is 785 g/mol. The molecule has 5 nitrogen and oxygen atoms in total. The van der Waals surface area contributed by atoms with Crippen molar-refractivity contribution in [3.05, 3.63) is 141 Å². The van der Waals surface area contributed by atoms with E-state index in [1.807, 2.05) is 43.4 Å². The highest BCUT2D eigenvalue weighted by atomic mass is 32.1. The van der Waals surface area contributed by atoms with Crippen LogP contribution in [-0.4, -0.2) is 26.8 Å². The minimum Gasteiger partial charge on any atom is -0.480 e. The van der Waals surface area contributed by atoms with E-state index in [9.17, 15) is 15.8 Å². The summed E-state index contributed by atoms with van der Waals surface area (Å²) in [5.74, 6) is 0.0519. The molecule has 0 spiro atoms. The van der Waals surface area contributed by atoms with Gasteiger partial charge in [-0.1, -0.05) is 112 Å². The van der Waals surface area contributed by atoms with Gasteiger partial charge < -0.3 is 9.64 Å². The van der Waals surface area contributed by atoms with E-state index >= 15 is 0 Å². The van der Waals surface area contributed by atoms with Crippen LogP contribution in [-0.2, 0) is 4.74 Å². The van der Waals surface area contributed by atoms with Gasteiger partial charge >= 0.3 is 0 Å². The summed E-state index contributed by atoms with van der Waals surface area (Å²) in [6.45, 7) is 10.4. The Morgan fingerprint density at radius 2 is 1.23 bits per heavy atom. The van der Waals surface area contributed by atoms with Crippen LogP contribution in [0.4, 0.5) is 5.69 Å². The van der Waals surface area contributed by atoms with Crippen molar-refractivity contribution in [1.29, 1.82) is 15.8 Å². The molecule has 0 saturated carbocycles. The van der Waals surface area contributed by atoms with Crippen molar-refractivity contribution in [2.75, 3.05) is 18.0 Å². The Morgan fingerprint density at radius 1 is 0.714 bits per heavy atom. The maximum Gasteiger partial charge on any atom is 0.182 e. The zero-order valence-electron chi connectivity index (χ0n) is 32.3. The normalized spacial score (nSPS) is 15.0. The molecule has 5 aromatic rings. The maximum absolute atomic E-state index is 10.1. The van der Waals surface area contributed by atoms with Gasteiger partial charge in [-0.05, 0) is 89.4 Å². The molecule has 0 bridgehead atoms. The topological polar surface area (TPSA) is 83.8 Å². The molecule has 56 heavy (non-hydrogen) atoms. The number of anilines is 1. The Bertz CT molecular complexity index is 2420. The number of hydrogen-bond acceptors (Lipinski definition) is 7. The lowest BCUT2D eigenvalue weighted by Gasteiger charge is -2.30.